The third-order valence-corrected chi connectivity index (χ3v) is 2.65. The van der Waals surface area contributed by atoms with Gasteiger partial charge < -0.3 is 15.8 Å². The first-order valence-electron chi connectivity index (χ1n) is 5.70. The van der Waals surface area contributed by atoms with E-state index < -0.39 is 12.0 Å². The van der Waals surface area contributed by atoms with E-state index in [9.17, 15) is 4.79 Å². The van der Waals surface area contributed by atoms with Gasteiger partial charge in [-0.15, -0.1) is 0 Å². The summed E-state index contributed by atoms with van der Waals surface area (Å²) < 4.78 is 0. The van der Waals surface area contributed by atoms with Crippen molar-refractivity contribution >= 4 is 5.97 Å². The summed E-state index contributed by atoms with van der Waals surface area (Å²) in [7, 11) is 0. The molecule has 2 aromatic rings. The summed E-state index contributed by atoms with van der Waals surface area (Å²) in [5.41, 5.74) is 7.36. The van der Waals surface area contributed by atoms with Gasteiger partial charge in [0.05, 0.1) is 0 Å². The molecule has 1 aromatic carbocycles. The van der Waals surface area contributed by atoms with Crippen molar-refractivity contribution in [2.75, 3.05) is 0 Å². The van der Waals surface area contributed by atoms with E-state index in [0.717, 1.165) is 17.1 Å². The number of aromatic nitrogens is 2. The highest BCUT2D eigenvalue weighted by Crippen LogP contribution is 2.07. The van der Waals surface area contributed by atoms with Crippen LogP contribution in [0, 0.1) is 0 Å². The molecule has 1 heterocycles. The Morgan fingerprint density at radius 1 is 1.39 bits per heavy atom. The minimum absolute atomic E-state index is 0.261. The molecule has 0 aliphatic heterocycles. The van der Waals surface area contributed by atoms with Crippen LogP contribution in [-0.2, 0) is 17.6 Å². The fraction of sp³-hybridized carbons (Fsp3) is 0.231. The Morgan fingerprint density at radius 3 is 2.78 bits per heavy atom. The Balaban J connectivity index is 2.00. The van der Waals surface area contributed by atoms with Crippen molar-refractivity contribution < 1.29 is 9.90 Å². The van der Waals surface area contributed by atoms with Crippen LogP contribution in [0.15, 0.2) is 36.5 Å². The highest BCUT2D eigenvalue weighted by Gasteiger charge is 2.13. The third-order valence-electron chi connectivity index (χ3n) is 2.65. The molecule has 0 radical (unpaired) electrons. The lowest BCUT2D eigenvalue weighted by atomic mass is 10.1. The number of nitrogens with one attached hydrogen (secondary N) is 1. The molecule has 0 amide bonds. The first-order valence-corrected chi connectivity index (χ1v) is 5.70. The van der Waals surface area contributed by atoms with Crippen LogP contribution in [0.3, 0.4) is 0 Å². The van der Waals surface area contributed by atoms with E-state index in [1.807, 2.05) is 30.3 Å². The van der Waals surface area contributed by atoms with Crippen LogP contribution in [0.4, 0.5) is 0 Å². The number of carboxylic acids is 1. The zero-order chi connectivity index (χ0) is 13.0. The smallest absolute Gasteiger partial charge is 0.320 e. The maximum atomic E-state index is 10.6. The SMILES string of the molecule is NC(Cc1cnc(Cc2ccccc2)[nH]1)C(=O)O. The summed E-state index contributed by atoms with van der Waals surface area (Å²) in [6.45, 7) is 0. The van der Waals surface area contributed by atoms with Crippen LogP contribution in [0.25, 0.3) is 0 Å². The maximum absolute atomic E-state index is 10.6. The van der Waals surface area contributed by atoms with Gasteiger partial charge in [0.25, 0.3) is 0 Å². The van der Waals surface area contributed by atoms with E-state index in [1.54, 1.807) is 6.20 Å². The van der Waals surface area contributed by atoms with Gasteiger partial charge in [-0.1, -0.05) is 30.3 Å². The second kappa shape index (κ2) is 5.46. The van der Waals surface area contributed by atoms with E-state index in [-0.39, 0.29) is 6.42 Å². The fourth-order valence-electron chi connectivity index (χ4n) is 1.71. The second-order valence-electron chi connectivity index (χ2n) is 4.17. The summed E-state index contributed by atoms with van der Waals surface area (Å²) in [6, 6.07) is 9.05. The van der Waals surface area contributed by atoms with E-state index in [1.165, 1.54) is 0 Å². The number of carbonyl (C=O) groups is 1. The highest BCUT2D eigenvalue weighted by molar-refractivity contribution is 5.73. The lowest BCUT2D eigenvalue weighted by Crippen LogP contribution is -2.32. The molecule has 0 saturated carbocycles. The van der Waals surface area contributed by atoms with Crippen LogP contribution < -0.4 is 5.73 Å². The summed E-state index contributed by atoms with van der Waals surface area (Å²) in [6.07, 6.45) is 2.60. The Bertz CT molecular complexity index is 522. The molecule has 1 unspecified atom stereocenters. The van der Waals surface area contributed by atoms with Crippen LogP contribution >= 0.6 is 0 Å². The van der Waals surface area contributed by atoms with Crippen LogP contribution in [-0.4, -0.2) is 27.1 Å². The van der Waals surface area contributed by atoms with Crippen LogP contribution in [0.2, 0.25) is 0 Å². The van der Waals surface area contributed by atoms with Gasteiger partial charge in [0.2, 0.25) is 0 Å². The molecule has 0 spiro atoms. The minimum atomic E-state index is -1.01. The Morgan fingerprint density at radius 2 is 2.11 bits per heavy atom. The molecule has 0 bridgehead atoms. The monoisotopic (exact) mass is 245 g/mol. The average molecular weight is 245 g/mol. The molecular weight excluding hydrogens is 230 g/mol. The van der Waals surface area contributed by atoms with Crippen LogP contribution in [0.1, 0.15) is 17.1 Å². The quantitative estimate of drug-likeness (QED) is 0.731. The fourth-order valence-corrected chi connectivity index (χ4v) is 1.71. The van der Waals surface area contributed by atoms with Gasteiger partial charge in [-0.2, -0.15) is 0 Å². The zero-order valence-electron chi connectivity index (χ0n) is 9.84. The predicted octanol–water partition coefficient (Wildman–Crippen LogP) is 0.955. The number of nitrogens with two attached hydrogens (primary N) is 1. The van der Waals surface area contributed by atoms with E-state index in [2.05, 4.69) is 9.97 Å². The average Bonchev–Trinajstić information content (AvgIpc) is 2.77. The molecule has 0 saturated heterocycles. The highest BCUT2D eigenvalue weighted by atomic mass is 16.4. The number of aromatic amines is 1. The summed E-state index contributed by atoms with van der Waals surface area (Å²) in [5.74, 6) is -0.192. The molecule has 2 rings (SSSR count). The molecule has 0 fully saturated rings. The van der Waals surface area contributed by atoms with Crippen LogP contribution in [0.5, 0.6) is 0 Å². The first kappa shape index (κ1) is 12.3. The van der Waals surface area contributed by atoms with Crippen molar-refractivity contribution in [3.63, 3.8) is 0 Å². The van der Waals surface area contributed by atoms with Crippen molar-refractivity contribution in [3.05, 3.63) is 53.6 Å². The van der Waals surface area contributed by atoms with Gasteiger partial charge in [-0.05, 0) is 5.56 Å². The number of nitrogens with zero attached hydrogens (tertiary/aromatic N) is 1. The van der Waals surface area contributed by atoms with E-state index >= 15 is 0 Å². The molecule has 0 aliphatic rings. The van der Waals surface area contributed by atoms with Crippen molar-refractivity contribution in [1.29, 1.82) is 0 Å². The number of aliphatic carboxylic acids is 1. The number of H-pyrrole nitrogens is 1. The Hall–Kier alpha value is -2.14. The zero-order valence-corrected chi connectivity index (χ0v) is 9.84. The molecule has 4 N–H and O–H groups in total. The number of carboxylic acid groups (broad SMARTS) is 1. The Kier molecular flexibility index (Phi) is 3.74. The third kappa shape index (κ3) is 3.18. The Labute approximate surface area is 105 Å². The number of rotatable bonds is 5. The number of benzene rings is 1. The standard InChI is InChI=1S/C13H15N3O2/c14-11(13(17)18)7-10-8-15-12(16-10)6-9-4-2-1-3-5-9/h1-5,8,11H,6-7,14H2,(H,15,16)(H,17,18). The van der Waals surface area contributed by atoms with E-state index in [4.69, 9.17) is 10.8 Å². The summed E-state index contributed by atoms with van der Waals surface area (Å²) >= 11 is 0. The number of imidazole rings is 1. The summed E-state index contributed by atoms with van der Waals surface area (Å²) in [4.78, 5) is 18.0. The van der Waals surface area contributed by atoms with Gasteiger partial charge in [0.1, 0.15) is 11.9 Å². The molecule has 18 heavy (non-hydrogen) atoms. The minimum Gasteiger partial charge on any atom is -0.480 e. The van der Waals surface area contributed by atoms with Gasteiger partial charge in [0.15, 0.2) is 0 Å². The van der Waals surface area contributed by atoms with E-state index in [0.29, 0.717) is 6.42 Å². The lowest BCUT2D eigenvalue weighted by Gasteiger charge is -2.03. The van der Waals surface area contributed by atoms with Gasteiger partial charge in [-0.3, -0.25) is 4.79 Å². The van der Waals surface area contributed by atoms with Crippen molar-refractivity contribution in [2.24, 2.45) is 5.73 Å². The number of hydrogen-bond donors (Lipinski definition) is 3. The largest absolute Gasteiger partial charge is 0.480 e. The number of hydrogen-bond acceptors (Lipinski definition) is 3. The van der Waals surface area contributed by atoms with Crippen molar-refractivity contribution in [3.8, 4) is 0 Å². The normalized spacial score (nSPS) is 12.3. The van der Waals surface area contributed by atoms with Crippen molar-refractivity contribution in [1.82, 2.24) is 9.97 Å². The molecule has 5 heteroatoms. The second-order valence-corrected chi connectivity index (χ2v) is 4.17. The topological polar surface area (TPSA) is 92.0 Å². The molecule has 1 atom stereocenters. The van der Waals surface area contributed by atoms with Gasteiger partial charge >= 0.3 is 5.97 Å². The predicted molar refractivity (Wildman–Crippen MR) is 67.2 cm³/mol. The lowest BCUT2D eigenvalue weighted by molar-refractivity contribution is -0.138. The molecule has 5 nitrogen and oxygen atoms in total. The van der Waals surface area contributed by atoms with Crippen molar-refractivity contribution in [2.45, 2.75) is 18.9 Å². The molecule has 1 aromatic heterocycles. The van der Waals surface area contributed by atoms with Gasteiger partial charge in [0, 0.05) is 24.7 Å². The molecule has 0 aliphatic carbocycles. The molecule has 94 valence electrons. The maximum Gasteiger partial charge on any atom is 0.320 e. The summed E-state index contributed by atoms with van der Waals surface area (Å²) in [5, 5.41) is 8.73. The van der Waals surface area contributed by atoms with Gasteiger partial charge in [-0.25, -0.2) is 4.98 Å². The first-order chi connectivity index (χ1) is 8.65. The molecular formula is C13H15N3O2.